The minimum Gasteiger partial charge on any atom is -0.376 e. The molecule has 1 saturated carbocycles. The number of nitrogens with one attached hydrogen (secondary N) is 1. The zero-order chi connectivity index (χ0) is 12.1. The summed E-state index contributed by atoms with van der Waals surface area (Å²) in [6.45, 7) is 6.23. The van der Waals surface area contributed by atoms with E-state index in [1.54, 1.807) is 0 Å². The van der Waals surface area contributed by atoms with Crippen LogP contribution in [0, 0.1) is 0 Å². The first kappa shape index (κ1) is 13.3. The van der Waals surface area contributed by atoms with Gasteiger partial charge in [-0.15, -0.1) is 0 Å². The van der Waals surface area contributed by atoms with Crippen LogP contribution in [0.4, 0.5) is 0 Å². The molecule has 0 spiro atoms. The van der Waals surface area contributed by atoms with Gasteiger partial charge in [0.25, 0.3) is 0 Å². The van der Waals surface area contributed by atoms with E-state index < -0.39 is 0 Å². The Hall–Kier alpha value is -0.120. The van der Waals surface area contributed by atoms with E-state index in [9.17, 15) is 0 Å². The molecule has 0 aromatic heterocycles. The molecule has 17 heavy (non-hydrogen) atoms. The fourth-order valence-corrected chi connectivity index (χ4v) is 2.97. The van der Waals surface area contributed by atoms with E-state index in [2.05, 4.69) is 19.2 Å². The number of ether oxygens (including phenoxy) is 2. The Morgan fingerprint density at radius 2 is 1.88 bits per heavy atom. The molecule has 0 bridgehead atoms. The van der Waals surface area contributed by atoms with Crippen molar-refractivity contribution >= 4 is 0 Å². The maximum absolute atomic E-state index is 5.99. The molecule has 100 valence electrons. The van der Waals surface area contributed by atoms with Gasteiger partial charge < -0.3 is 14.8 Å². The van der Waals surface area contributed by atoms with E-state index in [0.717, 1.165) is 19.2 Å². The Balaban J connectivity index is 1.58. The van der Waals surface area contributed by atoms with E-state index in [1.165, 1.54) is 38.5 Å². The van der Waals surface area contributed by atoms with Crippen LogP contribution in [0.25, 0.3) is 0 Å². The van der Waals surface area contributed by atoms with Crippen LogP contribution in [0.3, 0.4) is 0 Å². The van der Waals surface area contributed by atoms with Crippen molar-refractivity contribution in [1.29, 1.82) is 0 Å². The third-order valence-electron chi connectivity index (χ3n) is 4.00. The molecule has 1 aliphatic carbocycles. The van der Waals surface area contributed by atoms with Crippen LogP contribution in [0.1, 0.15) is 52.4 Å². The van der Waals surface area contributed by atoms with Crippen molar-refractivity contribution in [2.24, 2.45) is 0 Å². The number of hydrogen-bond acceptors (Lipinski definition) is 3. The van der Waals surface area contributed by atoms with Gasteiger partial charge in [-0.1, -0.05) is 6.92 Å². The Labute approximate surface area is 105 Å². The zero-order valence-electron chi connectivity index (χ0n) is 11.3. The second kappa shape index (κ2) is 6.72. The minimum atomic E-state index is 0.358. The lowest BCUT2D eigenvalue weighted by Crippen LogP contribution is -2.35. The van der Waals surface area contributed by atoms with Crippen molar-refractivity contribution in [1.82, 2.24) is 5.32 Å². The third kappa shape index (κ3) is 4.23. The standard InChI is InChI=1S/C14H27NO2/c1-3-15-12-5-8-13(9-6-12)16-10-14-7-4-11(2)17-14/h11-15H,3-10H2,1-2H3. The molecule has 2 fully saturated rings. The first-order valence-electron chi connectivity index (χ1n) is 7.28. The van der Waals surface area contributed by atoms with Gasteiger partial charge in [-0.3, -0.25) is 0 Å². The van der Waals surface area contributed by atoms with Gasteiger partial charge in [0, 0.05) is 6.04 Å². The molecule has 1 saturated heterocycles. The highest BCUT2D eigenvalue weighted by Gasteiger charge is 2.25. The monoisotopic (exact) mass is 241 g/mol. The lowest BCUT2D eigenvalue weighted by Gasteiger charge is -2.29. The first-order chi connectivity index (χ1) is 8.28. The average molecular weight is 241 g/mol. The second-order valence-corrected chi connectivity index (χ2v) is 5.51. The fourth-order valence-electron chi connectivity index (χ4n) is 2.97. The lowest BCUT2D eigenvalue weighted by atomic mass is 9.93. The molecule has 2 rings (SSSR count). The Morgan fingerprint density at radius 3 is 2.47 bits per heavy atom. The number of rotatable bonds is 5. The highest BCUT2D eigenvalue weighted by molar-refractivity contribution is 4.78. The summed E-state index contributed by atoms with van der Waals surface area (Å²) in [7, 11) is 0. The molecule has 1 heterocycles. The molecule has 2 unspecified atom stereocenters. The molecule has 1 aliphatic heterocycles. The molecule has 0 aromatic rings. The maximum atomic E-state index is 5.99. The van der Waals surface area contributed by atoms with Crippen LogP contribution in [0.2, 0.25) is 0 Å². The van der Waals surface area contributed by atoms with Gasteiger partial charge in [0.2, 0.25) is 0 Å². The summed E-state index contributed by atoms with van der Waals surface area (Å²) in [6, 6.07) is 0.725. The average Bonchev–Trinajstić information content (AvgIpc) is 2.75. The maximum Gasteiger partial charge on any atom is 0.0813 e. The summed E-state index contributed by atoms with van der Waals surface area (Å²) >= 11 is 0. The molecule has 2 atom stereocenters. The second-order valence-electron chi connectivity index (χ2n) is 5.51. The van der Waals surface area contributed by atoms with Crippen LogP contribution in [0.15, 0.2) is 0 Å². The molecule has 3 nitrogen and oxygen atoms in total. The van der Waals surface area contributed by atoms with Gasteiger partial charge in [0.15, 0.2) is 0 Å². The Bertz CT molecular complexity index is 214. The van der Waals surface area contributed by atoms with E-state index in [0.29, 0.717) is 18.3 Å². The van der Waals surface area contributed by atoms with E-state index in [-0.39, 0.29) is 0 Å². The van der Waals surface area contributed by atoms with Crippen LogP contribution >= 0.6 is 0 Å². The summed E-state index contributed by atoms with van der Waals surface area (Å²) in [6.07, 6.45) is 8.59. The molecule has 0 radical (unpaired) electrons. The van der Waals surface area contributed by atoms with Gasteiger partial charge in [0.1, 0.15) is 0 Å². The van der Waals surface area contributed by atoms with Crippen LogP contribution in [-0.2, 0) is 9.47 Å². The Morgan fingerprint density at radius 1 is 1.12 bits per heavy atom. The van der Waals surface area contributed by atoms with Crippen molar-refractivity contribution < 1.29 is 9.47 Å². The SMILES string of the molecule is CCNC1CCC(OCC2CCC(C)O2)CC1. The topological polar surface area (TPSA) is 30.5 Å². The quantitative estimate of drug-likeness (QED) is 0.802. The van der Waals surface area contributed by atoms with Crippen LogP contribution in [-0.4, -0.2) is 37.5 Å². The van der Waals surface area contributed by atoms with Gasteiger partial charge >= 0.3 is 0 Å². The molecular weight excluding hydrogens is 214 g/mol. The van der Waals surface area contributed by atoms with Gasteiger partial charge in [-0.25, -0.2) is 0 Å². The van der Waals surface area contributed by atoms with Gasteiger partial charge in [0.05, 0.1) is 24.9 Å². The number of hydrogen-bond donors (Lipinski definition) is 1. The normalized spacial score (nSPS) is 38.5. The smallest absolute Gasteiger partial charge is 0.0813 e. The molecule has 1 N–H and O–H groups in total. The predicted octanol–water partition coefficient (Wildman–Crippen LogP) is 2.49. The highest BCUT2D eigenvalue weighted by Crippen LogP contribution is 2.24. The Kier molecular flexibility index (Phi) is 5.26. The van der Waals surface area contributed by atoms with Crippen molar-refractivity contribution in [2.75, 3.05) is 13.2 Å². The third-order valence-corrected chi connectivity index (χ3v) is 4.00. The molecule has 0 aromatic carbocycles. The van der Waals surface area contributed by atoms with E-state index in [4.69, 9.17) is 9.47 Å². The zero-order valence-corrected chi connectivity index (χ0v) is 11.3. The largest absolute Gasteiger partial charge is 0.376 e. The van der Waals surface area contributed by atoms with Crippen molar-refractivity contribution in [2.45, 2.75) is 76.7 Å². The summed E-state index contributed by atoms with van der Waals surface area (Å²) in [5.74, 6) is 0. The minimum absolute atomic E-state index is 0.358. The first-order valence-corrected chi connectivity index (χ1v) is 7.28. The van der Waals surface area contributed by atoms with Crippen molar-refractivity contribution in [3.8, 4) is 0 Å². The summed E-state index contributed by atoms with van der Waals surface area (Å²) < 4.78 is 11.8. The summed E-state index contributed by atoms with van der Waals surface area (Å²) in [5.41, 5.74) is 0. The van der Waals surface area contributed by atoms with Crippen LogP contribution in [0.5, 0.6) is 0 Å². The molecule has 2 aliphatic rings. The highest BCUT2D eigenvalue weighted by atomic mass is 16.5. The van der Waals surface area contributed by atoms with Gasteiger partial charge in [-0.2, -0.15) is 0 Å². The van der Waals surface area contributed by atoms with E-state index in [1.807, 2.05) is 0 Å². The van der Waals surface area contributed by atoms with E-state index >= 15 is 0 Å². The molecule has 0 amide bonds. The summed E-state index contributed by atoms with van der Waals surface area (Å²) in [5, 5.41) is 3.53. The van der Waals surface area contributed by atoms with Crippen molar-refractivity contribution in [3.63, 3.8) is 0 Å². The fraction of sp³-hybridized carbons (Fsp3) is 1.00. The lowest BCUT2D eigenvalue weighted by molar-refractivity contribution is -0.0490. The predicted molar refractivity (Wildman–Crippen MR) is 69.2 cm³/mol. The van der Waals surface area contributed by atoms with Crippen molar-refractivity contribution in [3.05, 3.63) is 0 Å². The van der Waals surface area contributed by atoms with Gasteiger partial charge in [-0.05, 0) is 52.0 Å². The molecule has 3 heteroatoms. The summed E-state index contributed by atoms with van der Waals surface area (Å²) in [4.78, 5) is 0. The molecular formula is C14H27NO2. The van der Waals surface area contributed by atoms with Crippen LogP contribution < -0.4 is 5.32 Å².